The van der Waals surface area contributed by atoms with E-state index >= 15 is 4.79 Å². The maximum absolute atomic E-state index is 15.1. The Morgan fingerprint density at radius 2 is 1.73 bits per heavy atom. The van der Waals surface area contributed by atoms with Gasteiger partial charge in [0.15, 0.2) is 0 Å². The standard InChI is InChI=1S/C39H44BrN3O5/c1-5-19-41(23-26-13-9-8-10-14-26)36(45)32-33-37(46)43(31(24-44)25(4)7-3)35(39(33)22-30(40)34(32)48-39)38(47)42(20-6-2)29-18-17-27-15-11-12-16-28(27)21-29/h5-6,8-18,21,25,30-35,44H,1-2,7,19-20,22-24H2,3-4H3/t25-,30?,31-,32-,33-,34-,35?,39?/m0/s1. The highest BCUT2D eigenvalue weighted by molar-refractivity contribution is 9.09. The van der Waals surface area contributed by atoms with Gasteiger partial charge in [0, 0.05) is 30.1 Å². The van der Waals surface area contributed by atoms with Gasteiger partial charge < -0.3 is 24.5 Å². The number of likely N-dealkylation sites (tertiary alicyclic amines) is 1. The average molecular weight is 715 g/mol. The van der Waals surface area contributed by atoms with Crippen molar-refractivity contribution in [2.45, 2.75) is 61.8 Å². The van der Waals surface area contributed by atoms with E-state index in [9.17, 15) is 14.7 Å². The van der Waals surface area contributed by atoms with Crippen LogP contribution in [0.4, 0.5) is 5.69 Å². The highest BCUT2D eigenvalue weighted by Crippen LogP contribution is 2.61. The largest absolute Gasteiger partial charge is 0.394 e. The summed E-state index contributed by atoms with van der Waals surface area (Å²) in [5.41, 5.74) is 0.365. The molecule has 2 bridgehead atoms. The molecule has 3 aromatic carbocycles. The fourth-order valence-corrected chi connectivity index (χ4v) is 9.09. The Hall–Kier alpha value is -3.79. The Morgan fingerprint density at radius 1 is 1.04 bits per heavy atom. The van der Waals surface area contributed by atoms with Gasteiger partial charge in [0.25, 0.3) is 5.91 Å². The van der Waals surface area contributed by atoms with Crippen LogP contribution in [0.25, 0.3) is 10.8 Å². The van der Waals surface area contributed by atoms with Gasteiger partial charge >= 0.3 is 0 Å². The second-order valence-corrected chi connectivity index (χ2v) is 14.5. The molecule has 9 heteroatoms. The van der Waals surface area contributed by atoms with Gasteiger partial charge in [0.05, 0.1) is 30.6 Å². The number of aliphatic hydroxyl groups is 1. The molecule has 3 aromatic rings. The lowest BCUT2D eigenvalue weighted by molar-refractivity contribution is -0.148. The number of hydrogen-bond donors (Lipinski definition) is 1. The van der Waals surface area contributed by atoms with Gasteiger partial charge in [0.2, 0.25) is 11.8 Å². The van der Waals surface area contributed by atoms with Gasteiger partial charge in [-0.3, -0.25) is 14.4 Å². The maximum atomic E-state index is 15.1. The lowest BCUT2D eigenvalue weighted by Gasteiger charge is -2.41. The van der Waals surface area contributed by atoms with Crippen molar-refractivity contribution in [2.24, 2.45) is 17.8 Å². The van der Waals surface area contributed by atoms with Gasteiger partial charge in [-0.15, -0.1) is 13.2 Å². The van der Waals surface area contributed by atoms with E-state index in [1.807, 2.05) is 86.6 Å². The van der Waals surface area contributed by atoms with Crippen molar-refractivity contribution >= 4 is 50.1 Å². The van der Waals surface area contributed by atoms with E-state index in [0.29, 0.717) is 31.6 Å². The second-order valence-electron chi connectivity index (χ2n) is 13.3. The monoisotopic (exact) mass is 713 g/mol. The van der Waals surface area contributed by atoms with E-state index in [4.69, 9.17) is 4.74 Å². The number of carbonyl (C=O) groups is 3. The van der Waals surface area contributed by atoms with Crippen LogP contribution in [0.15, 0.2) is 98.1 Å². The highest BCUT2D eigenvalue weighted by Gasteiger charge is 2.77. The van der Waals surface area contributed by atoms with Crippen molar-refractivity contribution in [3.05, 3.63) is 104 Å². The number of ether oxygens (including phenoxy) is 1. The maximum Gasteiger partial charge on any atom is 0.253 e. The van der Waals surface area contributed by atoms with Crippen LogP contribution in [0.5, 0.6) is 0 Å². The van der Waals surface area contributed by atoms with Gasteiger partial charge in [-0.05, 0) is 40.8 Å². The van der Waals surface area contributed by atoms with Crippen molar-refractivity contribution in [1.29, 1.82) is 0 Å². The molecule has 3 unspecified atom stereocenters. The summed E-state index contributed by atoms with van der Waals surface area (Å²) >= 11 is 3.81. The summed E-state index contributed by atoms with van der Waals surface area (Å²) in [4.78, 5) is 49.3. The van der Waals surface area contributed by atoms with Gasteiger partial charge in [-0.2, -0.15) is 0 Å². The summed E-state index contributed by atoms with van der Waals surface area (Å²) in [5, 5.41) is 12.8. The smallest absolute Gasteiger partial charge is 0.253 e. The number of alkyl halides is 1. The molecule has 3 aliphatic rings. The molecule has 3 saturated heterocycles. The number of carbonyl (C=O) groups excluding carboxylic acids is 3. The Kier molecular flexibility index (Phi) is 9.93. The Morgan fingerprint density at radius 3 is 2.40 bits per heavy atom. The molecule has 3 amide bonds. The van der Waals surface area contributed by atoms with Gasteiger partial charge in [0.1, 0.15) is 11.6 Å². The molecule has 8 atom stereocenters. The number of nitrogens with zero attached hydrogens (tertiary/aromatic N) is 3. The topological polar surface area (TPSA) is 90.4 Å². The molecule has 0 radical (unpaired) electrons. The molecule has 0 aromatic heterocycles. The van der Waals surface area contributed by atoms with E-state index in [0.717, 1.165) is 16.3 Å². The summed E-state index contributed by atoms with van der Waals surface area (Å²) in [6, 6.07) is 21.8. The first-order valence-corrected chi connectivity index (χ1v) is 17.7. The summed E-state index contributed by atoms with van der Waals surface area (Å²) in [5.74, 6) is -2.65. The number of amides is 3. The van der Waals surface area contributed by atoms with Crippen LogP contribution >= 0.6 is 15.9 Å². The van der Waals surface area contributed by atoms with Crippen LogP contribution in [-0.4, -0.2) is 80.9 Å². The van der Waals surface area contributed by atoms with E-state index in [1.54, 1.807) is 26.9 Å². The third-order valence-electron chi connectivity index (χ3n) is 10.6. The Balaban J connectivity index is 1.45. The van der Waals surface area contributed by atoms with Crippen molar-refractivity contribution in [2.75, 3.05) is 24.6 Å². The summed E-state index contributed by atoms with van der Waals surface area (Å²) in [7, 11) is 0. The van der Waals surface area contributed by atoms with Gasteiger partial charge in [-0.1, -0.05) is 109 Å². The number of rotatable bonds is 13. The minimum atomic E-state index is -1.27. The molecule has 1 spiro atoms. The zero-order chi connectivity index (χ0) is 34.2. The quantitative estimate of drug-likeness (QED) is 0.181. The summed E-state index contributed by atoms with van der Waals surface area (Å²) in [6.07, 6.45) is 3.82. The minimum Gasteiger partial charge on any atom is -0.394 e. The van der Waals surface area contributed by atoms with Crippen molar-refractivity contribution < 1.29 is 24.2 Å². The first kappa shape index (κ1) is 34.1. The van der Waals surface area contributed by atoms with Crippen LogP contribution in [0, 0.1) is 17.8 Å². The van der Waals surface area contributed by atoms with E-state index in [-0.39, 0.29) is 41.6 Å². The van der Waals surface area contributed by atoms with E-state index < -0.39 is 35.6 Å². The summed E-state index contributed by atoms with van der Waals surface area (Å²) in [6.45, 7) is 12.4. The van der Waals surface area contributed by atoms with E-state index in [2.05, 4.69) is 29.1 Å². The SMILES string of the molecule is C=CCN(Cc1ccccc1)C(=O)[C@H]1[C@H]2C(=O)N([C@@H](CO)[C@@H](C)CC)C(C(=O)N(CC=C)c3ccc4ccccc4c3)C23CC(Br)[C@@H]1O3. The minimum absolute atomic E-state index is 0.112. The van der Waals surface area contributed by atoms with Crippen LogP contribution in [0.2, 0.25) is 0 Å². The molecule has 0 aliphatic carbocycles. The molecule has 1 N–H and O–H groups in total. The second kappa shape index (κ2) is 14.0. The third-order valence-corrected chi connectivity index (χ3v) is 11.4. The Labute approximate surface area is 291 Å². The predicted molar refractivity (Wildman–Crippen MR) is 191 cm³/mol. The average Bonchev–Trinajstić information content (AvgIpc) is 3.70. The van der Waals surface area contributed by atoms with Crippen LogP contribution in [0.3, 0.4) is 0 Å². The fourth-order valence-electron chi connectivity index (χ4n) is 8.15. The lowest BCUT2D eigenvalue weighted by Crippen LogP contribution is -2.60. The number of hydrogen-bond acceptors (Lipinski definition) is 5. The van der Waals surface area contributed by atoms with E-state index in [1.165, 1.54) is 0 Å². The normalized spacial score (nSPS) is 27.0. The molecule has 3 heterocycles. The molecule has 3 aliphatic heterocycles. The van der Waals surface area contributed by atoms with Crippen molar-refractivity contribution in [3.8, 4) is 0 Å². The first-order valence-electron chi connectivity index (χ1n) is 16.8. The Bertz CT molecular complexity index is 1700. The fraction of sp³-hybridized carbons (Fsp3) is 0.410. The third kappa shape index (κ3) is 5.69. The highest BCUT2D eigenvalue weighted by atomic mass is 79.9. The van der Waals surface area contributed by atoms with Crippen molar-refractivity contribution in [3.63, 3.8) is 0 Å². The molecular formula is C39H44BrN3O5. The van der Waals surface area contributed by atoms with Crippen LogP contribution in [-0.2, 0) is 25.7 Å². The molecule has 48 heavy (non-hydrogen) atoms. The number of benzene rings is 3. The number of fused-ring (bicyclic) bond motifs is 2. The molecule has 252 valence electrons. The van der Waals surface area contributed by atoms with Gasteiger partial charge in [-0.25, -0.2) is 0 Å². The molecular weight excluding hydrogens is 670 g/mol. The van der Waals surface area contributed by atoms with Crippen LogP contribution < -0.4 is 4.90 Å². The number of aliphatic hydroxyl groups excluding tert-OH is 1. The summed E-state index contributed by atoms with van der Waals surface area (Å²) < 4.78 is 6.85. The molecule has 0 saturated carbocycles. The zero-order valence-electron chi connectivity index (χ0n) is 27.6. The zero-order valence-corrected chi connectivity index (χ0v) is 29.2. The molecule has 3 fully saturated rings. The van der Waals surface area contributed by atoms with Crippen LogP contribution in [0.1, 0.15) is 32.3 Å². The number of halogens is 1. The predicted octanol–water partition coefficient (Wildman–Crippen LogP) is 5.73. The molecule has 8 nitrogen and oxygen atoms in total. The molecule has 6 rings (SSSR count). The number of anilines is 1. The first-order chi connectivity index (χ1) is 23.2. The lowest BCUT2D eigenvalue weighted by atomic mass is 9.70. The van der Waals surface area contributed by atoms with Crippen molar-refractivity contribution in [1.82, 2.24) is 9.80 Å².